The van der Waals surface area contributed by atoms with Gasteiger partial charge < -0.3 is 14.9 Å². The molecule has 0 nitrogen and oxygen atoms in total. The molecule has 0 aliphatic heterocycles. The first-order valence-corrected chi connectivity index (χ1v) is 11.5. The molecule has 0 aromatic heterocycles. The van der Waals surface area contributed by atoms with Crippen molar-refractivity contribution in [2.45, 2.75) is 46.7 Å². The van der Waals surface area contributed by atoms with Crippen LogP contribution in [0.25, 0.3) is 16.7 Å². The summed E-state index contributed by atoms with van der Waals surface area (Å²) in [6.07, 6.45) is 6.78. The van der Waals surface area contributed by atoms with Crippen molar-refractivity contribution >= 4 is 15.1 Å². The molecule has 4 rings (SSSR count). The minimum Gasteiger partial charge on any atom is -0.358 e. The van der Waals surface area contributed by atoms with Crippen LogP contribution in [0.3, 0.4) is 0 Å². The van der Waals surface area contributed by atoms with Crippen molar-refractivity contribution in [1.82, 2.24) is 0 Å². The number of allylic oxidation sites excluding steroid dienone is 4. The largest absolute Gasteiger partial charge is 3.00 e. The molecule has 0 fully saturated rings. The molecule has 0 heterocycles. The van der Waals surface area contributed by atoms with Gasteiger partial charge in [0.1, 0.15) is 0 Å². The van der Waals surface area contributed by atoms with E-state index in [1.54, 1.807) is 0 Å². The van der Waals surface area contributed by atoms with E-state index in [9.17, 15) is 0 Å². The van der Waals surface area contributed by atoms with Gasteiger partial charge in [0, 0.05) is 9.52 Å². The summed E-state index contributed by atoms with van der Waals surface area (Å²) in [5.74, 6) is 0. The molecule has 2 heteroatoms. The summed E-state index contributed by atoms with van der Waals surface area (Å²) in [5.41, 5.74) is 9.87. The van der Waals surface area contributed by atoms with E-state index >= 15 is 0 Å². The smallest absolute Gasteiger partial charge is 0.358 e. The van der Waals surface area contributed by atoms with Gasteiger partial charge in [-0.05, 0) is 23.8 Å². The first kappa shape index (κ1) is 27.0. The Kier molecular flexibility index (Phi) is 10.9. The normalized spacial score (nSPS) is 13.3. The van der Waals surface area contributed by atoms with Crippen LogP contribution in [0.5, 0.6) is 0 Å². The molecule has 0 atom stereocenters. The van der Waals surface area contributed by atoms with Crippen molar-refractivity contribution < 1.29 is 26.2 Å². The van der Waals surface area contributed by atoms with Crippen LogP contribution in [0.1, 0.15) is 43.9 Å². The molecule has 0 saturated carbocycles. The maximum Gasteiger partial charge on any atom is 3.00 e. The predicted molar refractivity (Wildman–Crippen MR) is 125 cm³/mol. The minimum atomic E-state index is 0. The van der Waals surface area contributed by atoms with Crippen molar-refractivity contribution in [2.24, 2.45) is 5.41 Å². The first-order valence-electron chi connectivity index (χ1n) is 9.23. The van der Waals surface area contributed by atoms with Crippen LogP contribution in [0.15, 0.2) is 54.1 Å². The molecule has 0 saturated heterocycles. The van der Waals surface area contributed by atoms with Crippen LogP contribution in [0.4, 0.5) is 0 Å². The van der Waals surface area contributed by atoms with Gasteiger partial charge in [-0.3, -0.25) is 0 Å². The molecule has 2 aromatic rings. The first-order chi connectivity index (χ1) is 11.9. The number of benzene rings is 2. The number of rotatable bonds is 1. The zero-order valence-corrected chi connectivity index (χ0v) is 22.2. The molecule has 2 radical (unpaired) electrons. The fraction of sp³-hybridized carbons (Fsp3) is 0.308. The zero-order valence-electron chi connectivity index (χ0n) is 18.6. The molecule has 0 bridgehead atoms. The van der Waals surface area contributed by atoms with E-state index in [1.807, 2.05) is 0 Å². The van der Waals surface area contributed by atoms with Crippen LogP contribution in [0.2, 0.25) is 13.1 Å². The van der Waals surface area contributed by atoms with Crippen molar-refractivity contribution in [1.29, 1.82) is 0 Å². The summed E-state index contributed by atoms with van der Waals surface area (Å²) in [7, 11) is 0.750. The van der Waals surface area contributed by atoms with Crippen LogP contribution >= 0.6 is 0 Å². The second kappa shape index (κ2) is 11.3. The van der Waals surface area contributed by atoms with Crippen molar-refractivity contribution in [3.05, 3.63) is 91.7 Å². The quantitative estimate of drug-likeness (QED) is 0.262. The molecular formula is C26H34SiZr. The standard InChI is InChI=1S/C22H21.C2H7Si.2CH3.Zr/c1-22(2,3)19-10-8-16(14-19)15-9-11-21-18(12-15)13-17-6-4-5-7-20(17)21;1-3-2;;;/h4-7,9-11,14H,8,13H2,1-3H3;3H,1-2H3;2*1H3;/q-1;;2*-1;+3. The Morgan fingerprint density at radius 1 is 0.929 bits per heavy atom. The van der Waals surface area contributed by atoms with Gasteiger partial charge in [-0.15, -0.1) is 34.9 Å². The van der Waals surface area contributed by atoms with Crippen LogP contribution in [-0.2, 0) is 32.6 Å². The summed E-state index contributed by atoms with van der Waals surface area (Å²) in [6.45, 7) is 11.3. The Morgan fingerprint density at radius 2 is 1.57 bits per heavy atom. The van der Waals surface area contributed by atoms with Gasteiger partial charge in [-0.25, -0.2) is 0 Å². The predicted octanol–water partition coefficient (Wildman–Crippen LogP) is 7.23. The van der Waals surface area contributed by atoms with Gasteiger partial charge in [0.05, 0.1) is 0 Å². The summed E-state index contributed by atoms with van der Waals surface area (Å²) in [5, 5.41) is 0. The fourth-order valence-electron chi connectivity index (χ4n) is 3.48. The molecule has 2 aliphatic carbocycles. The molecular weight excluding hydrogens is 432 g/mol. The van der Waals surface area contributed by atoms with E-state index in [1.165, 1.54) is 39.0 Å². The minimum absolute atomic E-state index is 0. The third kappa shape index (κ3) is 5.77. The summed E-state index contributed by atoms with van der Waals surface area (Å²) in [4.78, 5) is 0. The average molecular weight is 466 g/mol. The molecule has 2 aliphatic rings. The molecule has 0 N–H and O–H groups in total. The Hall–Kier alpha value is -0.980. The SMILES string of the molecule is CC(C)(C)C1=CCC(c2[c-]c3c(cc2)-c2ccccc2C3)=C1.C[SiH]C.[CH3-].[CH3-].[Zr+3]. The molecule has 0 unspecified atom stereocenters. The number of hydrogen-bond donors (Lipinski definition) is 0. The maximum atomic E-state index is 3.68. The summed E-state index contributed by atoms with van der Waals surface area (Å²) in [6, 6.07) is 16.9. The zero-order chi connectivity index (χ0) is 18.0. The third-order valence-corrected chi connectivity index (χ3v) is 4.79. The number of fused-ring (bicyclic) bond motifs is 3. The molecule has 28 heavy (non-hydrogen) atoms. The number of hydrogen-bond acceptors (Lipinski definition) is 0. The van der Waals surface area contributed by atoms with E-state index in [0.717, 1.165) is 22.4 Å². The molecule has 2 aromatic carbocycles. The van der Waals surface area contributed by atoms with Crippen LogP contribution in [0, 0.1) is 26.3 Å². The van der Waals surface area contributed by atoms with Gasteiger partial charge >= 0.3 is 26.2 Å². The van der Waals surface area contributed by atoms with E-state index < -0.39 is 0 Å². The monoisotopic (exact) mass is 464 g/mol. The van der Waals surface area contributed by atoms with Crippen LogP contribution in [-0.4, -0.2) is 9.52 Å². The Labute approximate surface area is 195 Å². The second-order valence-corrected chi connectivity index (χ2v) is 9.11. The van der Waals surface area contributed by atoms with E-state index in [2.05, 4.69) is 88.5 Å². The average Bonchev–Trinajstić information content (AvgIpc) is 3.19. The third-order valence-electron chi connectivity index (χ3n) is 4.79. The van der Waals surface area contributed by atoms with Crippen molar-refractivity contribution in [3.8, 4) is 11.1 Å². The van der Waals surface area contributed by atoms with Gasteiger partial charge in [0.2, 0.25) is 0 Å². The topological polar surface area (TPSA) is 0 Å². The Morgan fingerprint density at radius 3 is 2.18 bits per heavy atom. The van der Waals surface area contributed by atoms with E-state index in [4.69, 9.17) is 0 Å². The van der Waals surface area contributed by atoms with Gasteiger partial charge in [0.15, 0.2) is 0 Å². The Bertz CT molecular complexity index is 838. The summed E-state index contributed by atoms with van der Waals surface area (Å²) >= 11 is 0. The Balaban J connectivity index is 0.00000115. The van der Waals surface area contributed by atoms with E-state index in [-0.39, 0.29) is 46.5 Å². The summed E-state index contributed by atoms with van der Waals surface area (Å²) < 4.78 is 0. The van der Waals surface area contributed by atoms with E-state index in [0.29, 0.717) is 0 Å². The fourth-order valence-corrected chi connectivity index (χ4v) is 3.48. The molecule has 0 amide bonds. The van der Waals surface area contributed by atoms with Crippen molar-refractivity contribution in [3.63, 3.8) is 0 Å². The molecule has 0 spiro atoms. The van der Waals surface area contributed by atoms with Gasteiger partial charge in [-0.1, -0.05) is 87.0 Å². The molecule has 146 valence electrons. The van der Waals surface area contributed by atoms with Crippen molar-refractivity contribution in [2.75, 3.05) is 0 Å². The van der Waals surface area contributed by atoms with Crippen LogP contribution < -0.4 is 0 Å². The maximum absolute atomic E-state index is 3.68. The van der Waals surface area contributed by atoms with Gasteiger partial charge in [0.25, 0.3) is 0 Å². The second-order valence-electron chi connectivity index (χ2n) is 7.96. The van der Waals surface area contributed by atoms with Gasteiger partial charge in [-0.2, -0.15) is 0 Å².